The van der Waals surface area contributed by atoms with Crippen LogP contribution in [0, 0.1) is 10.1 Å². The summed E-state index contributed by atoms with van der Waals surface area (Å²) in [4.78, 5) is 10.8. The molecule has 26 heavy (non-hydrogen) atoms. The molecule has 4 rings (SSSR count). The van der Waals surface area contributed by atoms with E-state index < -0.39 is 0 Å². The zero-order valence-corrected chi connectivity index (χ0v) is 14.0. The second-order valence-corrected chi connectivity index (χ2v) is 6.16. The topological polar surface area (TPSA) is 58.7 Å². The summed E-state index contributed by atoms with van der Waals surface area (Å²) in [5.74, 6) is 0. The molecule has 0 saturated heterocycles. The van der Waals surface area contributed by atoms with Crippen LogP contribution in [0.3, 0.4) is 0 Å². The minimum atomic E-state index is -0.357. The Morgan fingerprint density at radius 3 is 2.31 bits per heavy atom. The van der Waals surface area contributed by atoms with Crippen LogP contribution >= 0.6 is 0 Å². The monoisotopic (exact) mass is 343 g/mol. The molecule has 0 unspecified atom stereocenters. The van der Waals surface area contributed by atoms with Crippen molar-refractivity contribution >= 4 is 17.1 Å². The maximum Gasteiger partial charge on any atom is 0.269 e. The van der Waals surface area contributed by atoms with Crippen LogP contribution in [0.4, 0.5) is 11.4 Å². The summed E-state index contributed by atoms with van der Waals surface area (Å²) < 4.78 is 0. The molecule has 1 heterocycles. The van der Waals surface area contributed by atoms with Gasteiger partial charge in [0.2, 0.25) is 0 Å². The predicted molar refractivity (Wildman–Crippen MR) is 102 cm³/mol. The predicted octanol–water partition coefficient (Wildman–Crippen LogP) is 4.95. The molecule has 1 aliphatic rings. The average molecular weight is 343 g/mol. The Balaban J connectivity index is 1.76. The summed E-state index contributed by atoms with van der Waals surface area (Å²) in [6.45, 7) is 0. The number of nitro benzene ring substituents is 1. The first-order chi connectivity index (χ1) is 12.7. The molecule has 128 valence electrons. The van der Waals surface area contributed by atoms with E-state index in [4.69, 9.17) is 5.10 Å². The fourth-order valence-electron chi connectivity index (χ4n) is 3.24. The Morgan fingerprint density at radius 1 is 0.923 bits per heavy atom. The van der Waals surface area contributed by atoms with Crippen molar-refractivity contribution < 1.29 is 4.92 Å². The lowest BCUT2D eigenvalue weighted by Gasteiger charge is -2.23. The third-order valence-corrected chi connectivity index (χ3v) is 4.50. The molecule has 0 aromatic heterocycles. The molecule has 0 bridgehead atoms. The number of rotatable bonds is 4. The van der Waals surface area contributed by atoms with E-state index in [9.17, 15) is 10.1 Å². The summed E-state index contributed by atoms with van der Waals surface area (Å²) >= 11 is 0. The number of hydrogen-bond donors (Lipinski definition) is 0. The Kier molecular flexibility index (Phi) is 4.19. The first kappa shape index (κ1) is 16.0. The number of benzene rings is 3. The molecule has 0 radical (unpaired) electrons. The molecule has 1 atom stereocenters. The van der Waals surface area contributed by atoms with Gasteiger partial charge in [-0.15, -0.1) is 0 Å². The minimum Gasteiger partial charge on any atom is -0.258 e. The maximum atomic E-state index is 11.2. The van der Waals surface area contributed by atoms with Crippen LogP contribution in [0.1, 0.15) is 23.6 Å². The molecule has 0 saturated carbocycles. The second kappa shape index (κ2) is 6.80. The molecule has 5 heteroatoms. The van der Waals surface area contributed by atoms with Crippen LogP contribution in [0.25, 0.3) is 0 Å². The highest BCUT2D eigenvalue weighted by molar-refractivity contribution is 6.03. The largest absolute Gasteiger partial charge is 0.269 e. The van der Waals surface area contributed by atoms with E-state index in [1.54, 1.807) is 12.1 Å². The summed E-state index contributed by atoms with van der Waals surface area (Å²) in [5, 5.41) is 18.0. The third kappa shape index (κ3) is 3.07. The number of anilines is 1. The number of nitro groups is 1. The molecular weight excluding hydrogens is 326 g/mol. The van der Waals surface area contributed by atoms with Gasteiger partial charge in [-0.3, -0.25) is 15.1 Å². The Morgan fingerprint density at radius 2 is 1.62 bits per heavy atom. The normalized spacial score (nSPS) is 16.4. The molecule has 0 spiro atoms. The molecular formula is C21H17N3O2. The van der Waals surface area contributed by atoms with Crippen LogP contribution in [0.2, 0.25) is 0 Å². The molecule has 3 aromatic rings. The van der Waals surface area contributed by atoms with E-state index in [1.807, 2.05) is 71.7 Å². The van der Waals surface area contributed by atoms with Crippen molar-refractivity contribution in [3.63, 3.8) is 0 Å². The Bertz CT molecular complexity index is 955. The van der Waals surface area contributed by atoms with Gasteiger partial charge in [-0.05, 0) is 23.3 Å². The van der Waals surface area contributed by atoms with Crippen molar-refractivity contribution in [1.29, 1.82) is 0 Å². The molecule has 0 fully saturated rings. The van der Waals surface area contributed by atoms with Gasteiger partial charge in [0.15, 0.2) is 0 Å². The minimum absolute atomic E-state index is 0.0764. The Hall–Kier alpha value is -3.47. The van der Waals surface area contributed by atoms with E-state index in [1.165, 1.54) is 6.07 Å². The zero-order chi connectivity index (χ0) is 17.9. The van der Waals surface area contributed by atoms with Gasteiger partial charge in [0.25, 0.3) is 5.69 Å². The molecule has 3 aromatic carbocycles. The van der Waals surface area contributed by atoms with Gasteiger partial charge in [-0.1, -0.05) is 60.7 Å². The molecule has 0 aliphatic carbocycles. The quantitative estimate of drug-likeness (QED) is 0.497. The van der Waals surface area contributed by atoms with Gasteiger partial charge in [-0.2, -0.15) is 5.10 Å². The van der Waals surface area contributed by atoms with Gasteiger partial charge in [0.1, 0.15) is 0 Å². The van der Waals surface area contributed by atoms with Crippen LogP contribution in [-0.4, -0.2) is 10.6 Å². The maximum absolute atomic E-state index is 11.2. The van der Waals surface area contributed by atoms with Crippen molar-refractivity contribution in [3.8, 4) is 0 Å². The fraction of sp³-hybridized carbons (Fsp3) is 0.0952. The highest BCUT2D eigenvalue weighted by Crippen LogP contribution is 2.37. The van der Waals surface area contributed by atoms with E-state index >= 15 is 0 Å². The summed E-state index contributed by atoms with van der Waals surface area (Å²) in [6, 6.07) is 26.7. The number of para-hydroxylation sites is 1. The third-order valence-electron chi connectivity index (χ3n) is 4.50. The van der Waals surface area contributed by atoms with Crippen LogP contribution in [0.5, 0.6) is 0 Å². The average Bonchev–Trinajstić information content (AvgIpc) is 3.15. The van der Waals surface area contributed by atoms with Gasteiger partial charge in [0, 0.05) is 18.6 Å². The van der Waals surface area contributed by atoms with E-state index in [2.05, 4.69) is 0 Å². The van der Waals surface area contributed by atoms with Crippen LogP contribution < -0.4 is 5.01 Å². The van der Waals surface area contributed by atoms with Crippen molar-refractivity contribution in [2.45, 2.75) is 12.5 Å². The SMILES string of the molecule is O=[N+]([O-])c1cccc([C@H]2CC(c3ccccc3)=NN2c2ccccc2)c1. The van der Waals surface area contributed by atoms with Crippen LogP contribution in [-0.2, 0) is 0 Å². The smallest absolute Gasteiger partial charge is 0.258 e. The number of hydrazone groups is 1. The lowest BCUT2D eigenvalue weighted by molar-refractivity contribution is -0.384. The number of hydrogen-bond acceptors (Lipinski definition) is 4. The first-order valence-corrected chi connectivity index (χ1v) is 8.44. The van der Waals surface area contributed by atoms with E-state index in [-0.39, 0.29) is 16.7 Å². The van der Waals surface area contributed by atoms with Gasteiger partial charge < -0.3 is 0 Å². The van der Waals surface area contributed by atoms with Gasteiger partial charge in [0.05, 0.1) is 22.4 Å². The molecule has 1 aliphatic heterocycles. The highest BCUT2D eigenvalue weighted by Gasteiger charge is 2.30. The fourth-order valence-corrected chi connectivity index (χ4v) is 3.24. The second-order valence-electron chi connectivity index (χ2n) is 6.16. The highest BCUT2D eigenvalue weighted by atomic mass is 16.6. The first-order valence-electron chi connectivity index (χ1n) is 8.44. The number of nitrogens with zero attached hydrogens (tertiary/aromatic N) is 3. The van der Waals surface area contributed by atoms with Gasteiger partial charge in [-0.25, -0.2) is 0 Å². The summed E-state index contributed by atoms with van der Waals surface area (Å²) in [5.41, 5.74) is 4.00. The van der Waals surface area contributed by atoms with Crippen molar-refractivity contribution in [2.75, 3.05) is 5.01 Å². The molecule has 0 N–H and O–H groups in total. The lowest BCUT2D eigenvalue weighted by atomic mass is 9.98. The van der Waals surface area contributed by atoms with E-state index in [0.717, 1.165) is 22.5 Å². The zero-order valence-electron chi connectivity index (χ0n) is 14.0. The van der Waals surface area contributed by atoms with Crippen molar-refractivity contribution in [1.82, 2.24) is 0 Å². The Labute approximate surface area is 151 Å². The van der Waals surface area contributed by atoms with Crippen LogP contribution in [0.15, 0.2) is 90.0 Å². The number of non-ortho nitro benzene ring substituents is 1. The summed E-state index contributed by atoms with van der Waals surface area (Å²) in [6.07, 6.45) is 0.695. The van der Waals surface area contributed by atoms with Gasteiger partial charge >= 0.3 is 0 Å². The standard InChI is InChI=1S/C21H17N3O2/c25-24(26)19-13-7-10-17(14-19)21-15-20(16-8-3-1-4-9-16)22-23(21)18-11-5-2-6-12-18/h1-14,21H,15H2/t21-/m1/s1. The van der Waals surface area contributed by atoms with Crippen molar-refractivity contribution in [3.05, 3.63) is 106 Å². The molecule has 5 nitrogen and oxygen atoms in total. The lowest BCUT2D eigenvalue weighted by Crippen LogP contribution is -2.18. The van der Waals surface area contributed by atoms with Crippen molar-refractivity contribution in [2.24, 2.45) is 5.10 Å². The van der Waals surface area contributed by atoms with E-state index in [0.29, 0.717) is 6.42 Å². The molecule has 0 amide bonds. The summed E-state index contributed by atoms with van der Waals surface area (Å²) in [7, 11) is 0.